The van der Waals surface area contributed by atoms with Gasteiger partial charge in [0.25, 0.3) is 0 Å². The summed E-state index contributed by atoms with van der Waals surface area (Å²) in [6, 6.07) is 0.117. The van der Waals surface area contributed by atoms with E-state index in [-0.39, 0.29) is 17.4 Å². The van der Waals surface area contributed by atoms with Gasteiger partial charge in [0.15, 0.2) is 0 Å². The molecule has 2 atom stereocenters. The van der Waals surface area contributed by atoms with Crippen molar-refractivity contribution in [2.75, 3.05) is 0 Å². The number of hydrogen-bond acceptors (Lipinski definition) is 3. The maximum Gasteiger partial charge on any atom is 0.221 e. The number of nitrogens with one attached hydrogen (secondary N) is 1. The lowest BCUT2D eigenvalue weighted by Gasteiger charge is -2.26. The van der Waals surface area contributed by atoms with Crippen LogP contribution in [0.15, 0.2) is 18.6 Å². The molecular weight excluding hydrogens is 178 g/mol. The Labute approximate surface area is 82.8 Å². The van der Waals surface area contributed by atoms with Gasteiger partial charge in [-0.3, -0.25) is 14.8 Å². The maximum atomic E-state index is 11.3. The zero-order valence-corrected chi connectivity index (χ0v) is 8.32. The second-order valence-corrected chi connectivity index (χ2v) is 3.97. The van der Waals surface area contributed by atoms with Gasteiger partial charge in [-0.15, -0.1) is 0 Å². The van der Waals surface area contributed by atoms with Crippen molar-refractivity contribution in [3.05, 3.63) is 24.3 Å². The molecular formula is C10H13N3O. The molecule has 0 aromatic carbocycles. The van der Waals surface area contributed by atoms with E-state index < -0.39 is 0 Å². The molecule has 2 heterocycles. The summed E-state index contributed by atoms with van der Waals surface area (Å²) >= 11 is 0. The van der Waals surface area contributed by atoms with E-state index in [1.165, 1.54) is 0 Å². The molecule has 4 nitrogen and oxygen atoms in total. The third-order valence-corrected chi connectivity index (χ3v) is 3.01. The van der Waals surface area contributed by atoms with E-state index in [1.807, 2.05) is 13.8 Å². The minimum absolute atomic E-state index is 0.0886. The molecule has 0 spiro atoms. The number of carbonyl (C=O) groups is 1. The van der Waals surface area contributed by atoms with Gasteiger partial charge in [0, 0.05) is 36.5 Å². The smallest absolute Gasteiger partial charge is 0.221 e. The van der Waals surface area contributed by atoms with Gasteiger partial charge in [-0.05, 0) is 6.92 Å². The lowest BCUT2D eigenvalue weighted by molar-refractivity contribution is -0.119. The summed E-state index contributed by atoms with van der Waals surface area (Å²) in [5, 5.41) is 2.90. The van der Waals surface area contributed by atoms with E-state index in [0.29, 0.717) is 6.42 Å². The van der Waals surface area contributed by atoms with Gasteiger partial charge >= 0.3 is 0 Å². The first-order chi connectivity index (χ1) is 6.63. The molecule has 1 fully saturated rings. The summed E-state index contributed by atoms with van der Waals surface area (Å²) in [4.78, 5) is 19.6. The Morgan fingerprint density at radius 1 is 1.57 bits per heavy atom. The molecule has 4 heteroatoms. The minimum atomic E-state index is -0.217. The molecule has 14 heavy (non-hydrogen) atoms. The van der Waals surface area contributed by atoms with Crippen LogP contribution in [-0.2, 0) is 10.2 Å². The Morgan fingerprint density at radius 2 is 2.36 bits per heavy atom. The number of hydrogen-bond donors (Lipinski definition) is 1. The molecule has 1 aromatic rings. The van der Waals surface area contributed by atoms with E-state index in [1.54, 1.807) is 18.6 Å². The summed E-state index contributed by atoms with van der Waals surface area (Å²) in [6.45, 7) is 4.04. The highest BCUT2D eigenvalue weighted by Crippen LogP contribution is 2.33. The minimum Gasteiger partial charge on any atom is -0.353 e. The molecule has 1 aromatic heterocycles. The van der Waals surface area contributed by atoms with Gasteiger partial charge in [-0.1, -0.05) is 6.92 Å². The topological polar surface area (TPSA) is 54.9 Å². The molecule has 0 bridgehead atoms. The highest BCUT2D eigenvalue weighted by atomic mass is 16.2. The maximum absolute atomic E-state index is 11.3. The van der Waals surface area contributed by atoms with Crippen LogP contribution in [0, 0.1) is 0 Å². The van der Waals surface area contributed by atoms with Crippen molar-refractivity contribution in [3.8, 4) is 0 Å². The molecule has 0 radical (unpaired) electrons. The molecule has 1 N–H and O–H groups in total. The zero-order valence-electron chi connectivity index (χ0n) is 8.32. The first-order valence-electron chi connectivity index (χ1n) is 4.69. The fourth-order valence-electron chi connectivity index (χ4n) is 1.84. The molecule has 2 unspecified atom stereocenters. The van der Waals surface area contributed by atoms with Crippen LogP contribution in [0.5, 0.6) is 0 Å². The van der Waals surface area contributed by atoms with Crippen LogP contribution in [0.25, 0.3) is 0 Å². The summed E-state index contributed by atoms with van der Waals surface area (Å²) in [7, 11) is 0. The van der Waals surface area contributed by atoms with E-state index in [0.717, 1.165) is 5.69 Å². The van der Waals surface area contributed by atoms with Gasteiger partial charge in [0.05, 0.1) is 5.69 Å². The van der Waals surface area contributed by atoms with E-state index in [9.17, 15) is 4.79 Å². The van der Waals surface area contributed by atoms with Crippen molar-refractivity contribution in [1.82, 2.24) is 15.3 Å². The average molecular weight is 191 g/mol. The highest BCUT2D eigenvalue weighted by Gasteiger charge is 2.43. The molecule has 1 amide bonds. The SMILES string of the molecule is CC1NC(=O)CC1(C)c1cnccn1. The van der Waals surface area contributed by atoms with Gasteiger partial charge in [0.2, 0.25) is 5.91 Å². The largest absolute Gasteiger partial charge is 0.353 e. The number of aromatic nitrogens is 2. The average Bonchev–Trinajstić information content (AvgIpc) is 2.43. The number of carbonyl (C=O) groups excluding carboxylic acids is 1. The Bertz CT molecular complexity index is 352. The van der Waals surface area contributed by atoms with Crippen LogP contribution in [0.4, 0.5) is 0 Å². The molecule has 1 aliphatic heterocycles. The molecule has 0 aliphatic carbocycles. The standard InChI is InChI=1S/C10H13N3O/c1-7-10(2,5-9(14)13-7)8-6-11-3-4-12-8/h3-4,6-7H,5H2,1-2H3,(H,13,14). The van der Waals surface area contributed by atoms with Crippen molar-refractivity contribution in [1.29, 1.82) is 0 Å². The first-order valence-corrected chi connectivity index (χ1v) is 4.69. The fraction of sp³-hybridized carbons (Fsp3) is 0.500. The van der Waals surface area contributed by atoms with Crippen molar-refractivity contribution < 1.29 is 4.79 Å². The Morgan fingerprint density at radius 3 is 2.86 bits per heavy atom. The van der Waals surface area contributed by atoms with E-state index in [2.05, 4.69) is 15.3 Å². The third kappa shape index (κ3) is 1.27. The van der Waals surface area contributed by atoms with Gasteiger partial charge < -0.3 is 5.32 Å². The van der Waals surface area contributed by atoms with Crippen LogP contribution in [-0.4, -0.2) is 21.9 Å². The molecule has 0 saturated carbocycles. The number of nitrogens with zero attached hydrogens (tertiary/aromatic N) is 2. The quantitative estimate of drug-likeness (QED) is 0.708. The zero-order chi connectivity index (χ0) is 10.2. The van der Waals surface area contributed by atoms with Crippen LogP contribution in [0.3, 0.4) is 0 Å². The normalized spacial score (nSPS) is 31.6. The number of rotatable bonds is 1. The number of amides is 1. The van der Waals surface area contributed by atoms with Gasteiger partial charge in [-0.25, -0.2) is 0 Å². The highest BCUT2D eigenvalue weighted by molar-refractivity contribution is 5.81. The molecule has 1 aliphatic rings. The Balaban J connectivity index is 2.38. The summed E-state index contributed by atoms with van der Waals surface area (Å²) in [5.74, 6) is 0.0886. The van der Waals surface area contributed by atoms with E-state index >= 15 is 0 Å². The van der Waals surface area contributed by atoms with E-state index in [4.69, 9.17) is 0 Å². The predicted octanol–water partition coefficient (Wildman–Crippen LogP) is 0.643. The van der Waals surface area contributed by atoms with Crippen molar-refractivity contribution in [2.24, 2.45) is 0 Å². The Kier molecular flexibility index (Phi) is 1.98. The van der Waals surface area contributed by atoms with Crippen LogP contribution in [0.1, 0.15) is 26.0 Å². The predicted molar refractivity (Wildman–Crippen MR) is 51.6 cm³/mol. The Hall–Kier alpha value is -1.45. The van der Waals surface area contributed by atoms with Crippen LogP contribution >= 0.6 is 0 Å². The summed E-state index contributed by atoms with van der Waals surface area (Å²) < 4.78 is 0. The summed E-state index contributed by atoms with van der Waals surface area (Å²) in [6.07, 6.45) is 5.53. The molecule has 74 valence electrons. The van der Waals surface area contributed by atoms with Crippen molar-refractivity contribution >= 4 is 5.91 Å². The second-order valence-electron chi connectivity index (χ2n) is 3.97. The molecule has 2 rings (SSSR count). The van der Waals surface area contributed by atoms with Crippen molar-refractivity contribution in [2.45, 2.75) is 31.7 Å². The first kappa shape index (κ1) is 9.12. The van der Waals surface area contributed by atoms with Gasteiger partial charge in [-0.2, -0.15) is 0 Å². The second kappa shape index (κ2) is 3.04. The third-order valence-electron chi connectivity index (χ3n) is 3.01. The van der Waals surface area contributed by atoms with Gasteiger partial charge in [0.1, 0.15) is 0 Å². The fourth-order valence-corrected chi connectivity index (χ4v) is 1.84. The lowest BCUT2D eigenvalue weighted by atomic mass is 9.80. The van der Waals surface area contributed by atoms with Crippen LogP contribution < -0.4 is 5.32 Å². The monoisotopic (exact) mass is 191 g/mol. The summed E-state index contributed by atoms with van der Waals surface area (Å²) in [5.41, 5.74) is 0.663. The molecule has 1 saturated heterocycles. The van der Waals surface area contributed by atoms with Crippen molar-refractivity contribution in [3.63, 3.8) is 0 Å². The lowest BCUT2D eigenvalue weighted by Crippen LogP contribution is -2.36. The van der Waals surface area contributed by atoms with Crippen LogP contribution in [0.2, 0.25) is 0 Å².